The molecule has 0 bridgehead atoms. The highest BCUT2D eigenvalue weighted by Crippen LogP contribution is 2.27. The largest absolute Gasteiger partial charge is 0.495 e. The fourth-order valence-corrected chi connectivity index (χ4v) is 4.43. The third kappa shape index (κ3) is 3.95. The molecule has 8 heteroatoms. The zero-order valence-electron chi connectivity index (χ0n) is 13.8. The quantitative estimate of drug-likeness (QED) is 0.586. The number of nitrogens with zero attached hydrogens (tertiary/aromatic N) is 2. The average molecular weight is 397 g/mol. The first kappa shape index (κ1) is 18.1. The molecule has 0 N–H and O–H groups in total. The molecule has 3 rings (SSSR count). The number of carbonyl (C=O) groups excluding carboxylic acids is 1. The van der Waals surface area contributed by atoms with Crippen LogP contribution in [0.4, 0.5) is 0 Å². The monoisotopic (exact) mass is 396 g/mol. The zero-order chi connectivity index (χ0) is 17.8. The Balaban J connectivity index is 2.11. The minimum absolute atomic E-state index is 0.299. The van der Waals surface area contributed by atoms with E-state index >= 15 is 0 Å². The van der Waals surface area contributed by atoms with Crippen molar-refractivity contribution >= 4 is 50.4 Å². The van der Waals surface area contributed by atoms with Crippen LogP contribution in [-0.2, 0) is 11.3 Å². The van der Waals surface area contributed by atoms with Crippen LogP contribution >= 0.6 is 34.3 Å². The van der Waals surface area contributed by atoms with Crippen molar-refractivity contribution in [2.45, 2.75) is 13.5 Å². The number of para-hydroxylation sites is 1. The van der Waals surface area contributed by atoms with Gasteiger partial charge in [-0.15, -0.1) is 11.3 Å². The number of methoxy groups -OCH3 is 1. The highest BCUT2D eigenvalue weighted by atomic mass is 35.5. The van der Waals surface area contributed by atoms with Crippen molar-refractivity contribution in [3.05, 3.63) is 44.3 Å². The van der Waals surface area contributed by atoms with Crippen molar-refractivity contribution in [1.82, 2.24) is 4.57 Å². The molecule has 0 spiro atoms. The molecule has 25 heavy (non-hydrogen) atoms. The van der Waals surface area contributed by atoms with Gasteiger partial charge in [-0.1, -0.05) is 29.0 Å². The molecule has 0 aliphatic rings. The lowest BCUT2D eigenvalue weighted by Crippen LogP contribution is -2.19. The Morgan fingerprint density at radius 3 is 2.80 bits per heavy atom. The van der Waals surface area contributed by atoms with Gasteiger partial charge in [-0.05, 0) is 31.2 Å². The Labute approximate surface area is 158 Å². The molecule has 2 heterocycles. The number of hydrogen-bond acceptors (Lipinski definition) is 5. The number of amides is 1. The summed E-state index contributed by atoms with van der Waals surface area (Å²) in [5.74, 6) is 0.450. The summed E-state index contributed by atoms with van der Waals surface area (Å²) in [6.07, 6.45) is 0. The van der Waals surface area contributed by atoms with Crippen molar-refractivity contribution in [2.75, 3.05) is 20.3 Å². The van der Waals surface area contributed by atoms with Gasteiger partial charge in [0.05, 0.1) is 27.6 Å². The van der Waals surface area contributed by atoms with E-state index in [4.69, 9.17) is 21.1 Å². The Hall–Kier alpha value is -1.67. The number of fused-ring (bicyclic) bond motifs is 1. The predicted molar refractivity (Wildman–Crippen MR) is 102 cm³/mol. The van der Waals surface area contributed by atoms with Crippen molar-refractivity contribution in [3.8, 4) is 5.75 Å². The third-order valence-electron chi connectivity index (χ3n) is 3.53. The van der Waals surface area contributed by atoms with Crippen LogP contribution in [0.25, 0.3) is 10.2 Å². The highest BCUT2D eigenvalue weighted by molar-refractivity contribution is 7.18. The summed E-state index contributed by atoms with van der Waals surface area (Å²) >= 11 is 8.59. The number of carbonyl (C=O) groups is 1. The van der Waals surface area contributed by atoms with Crippen LogP contribution < -0.4 is 9.54 Å². The van der Waals surface area contributed by atoms with Crippen LogP contribution in [0, 0.1) is 0 Å². The number of halogens is 1. The first-order valence-corrected chi connectivity index (χ1v) is 9.73. The second-order valence-electron chi connectivity index (χ2n) is 5.06. The maximum Gasteiger partial charge on any atom is 0.289 e. The smallest absolute Gasteiger partial charge is 0.289 e. The average Bonchev–Trinajstić information content (AvgIpc) is 3.19. The molecular formula is C17H17ClN2O3S2. The molecule has 0 atom stereocenters. The van der Waals surface area contributed by atoms with Crippen molar-refractivity contribution in [3.63, 3.8) is 0 Å². The standard InChI is InChI=1S/C17H17ClN2O3S2/c1-3-23-10-9-20-15-11(22-2)5-4-6-12(15)25-17(20)19-16(21)13-7-8-14(18)24-13/h4-8H,3,9-10H2,1-2H3. The number of hydrogen-bond donors (Lipinski definition) is 0. The van der Waals surface area contributed by atoms with Crippen LogP contribution in [0.15, 0.2) is 35.3 Å². The molecule has 2 aromatic heterocycles. The minimum Gasteiger partial charge on any atom is -0.495 e. The van der Waals surface area contributed by atoms with Crippen molar-refractivity contribution in [1.29, 1.82) is 0 Å². The summed E-state index contributed by atoms with van der Waals surface area (Å²) in [6, 6.07) is 9.21. The molecule has 1 aromatic carbocycles. The van der Waals surface area contributed by atoms with Gasteiger partial charge in [0, 0.05) is 13.2 Å². The van der Waals surface area contributed by atoms with Gasteiger partial charge in [0.25, 0.3) is 5.91 Å². The van der Waals surface area contributed by atoms with E-state index in [1.54, 1.807) is 19.2 Å². The Morgan fingerprint density at radius 1 is 1.28 bits per heavy atom. The summed E-state index contributed by atoms with van der Waals surface area (Å²) in [4.78, 5) is 17.9. The molecule has 0 saturated heterocycles. The van der Waals surface area contributed by atoms with Gasteiger partial charge < -0.3 is 14.0 Å². The van der Waals surface area contributed by atoms with Gasteiger partial charge in [-0.3, -0.25) is 4.79 Å². The number of rotatable bonds is 6. The first-order valence-electron chi connectivity index (χ1n) is 7.72. The van der Waals surface area contributed by atoms with Gasteiger partial charge in [0.15, 0.2) is 4.80 Å². The minimum atomic E-state index is -0.299. The van der Waals surface area contributed by atoms with Gasteiger partial charge in [-0.25, -0.2) is 0 Å². The maximum absolute atomic E-state index is 12.5. The van der Waals surface area contributed by atoms with Crippen LogP contribution in [0.2, 0.25) is 4.34 Å². The summed E-state index contributed by atoms with van der Waals surface area (Å²) in [5, 5.41) is 0. The molecule has 3 aromatic rings. The van der Waals surface area contributed by atoms with E-state index in [1.807, 2.05) is 29.7 Å². The van der Waals surface area contributed by atoms with Crippen molar-refractivity contribution < 1.29 is 14.3 Å². The molecule has 5 nitrogen and oxygen atoms in total. The van der Waals surface area contributed by atoms with Crippen LogP contribution in [0.5, 0.6) is 5.75 Å². The summed E-state index contributed by atoms with van der Waals surface area (Å²) in [7, 11) is 1.63. The number of thiophene rings is 1. The maximum atomic E-state index is 12.5. The lowest BCUT2D eigenvalue weighted by molar-refractivity contribution is 0.100. The van der Waals surface area contributed by atoms with Gasteiger partial charge in [0.2, 0.25) is 0 Å². The zero-order valence-corrected chi connectivity index (χ0v) is 16.2. The fraction of sp³-hybridized carbons (Fsp3) is 0.294. The molecule has 0 fully saturated rings. The molecule has 0 aliphatic carbocycles. The lowest BCUT2D eigenvalue weighted by atomic mass is 10.3. The highest BCUT2D eigenvalue weighted by Gasteiger charge is 2.13. The summed E-state index contributed by atoms with van der Waals surface area (Å²) in [6.45, 7) is 3.71. The van der Waals surface area contributed by atoms with E-state index < -0.39 is 0 Å². The summed E-state index contributed by atoms with van der Waals surface area (Å²) in [5.41, 5.74) is 0.922. The van der Waals surface area contributed by atoms with E-state index in [1.165, 1.54) is 22.7 Å². The number of aromatic nitrogens is 1. The molecule has 0 radical (unpaired) electrons. The Kier molecular flexibility index (Phi) is 5.90. The third-order valence-corrected chi connectivity index (χ3v) is 5.79. The van der Waals surface area contributed by atoms with E-state index in [9.17, 15) is 4.79 Å². The molecule has 1 amide bonds. The second kappa shape index (κ2) is 8.14. The van der Waals surface area contributed by atoms with Gasteiger partial charge >= 0.3 is 0 Å². The molecule has 0 aliphatic heterocycles. The van der Waals surface area contributed by atoms with E-state index in [2.05, 4.69) is 4.99 Å². The topological polar surface area (TPSA) is 52.8 Å². The summed E-state index contributed by atoms with van der Waals surface area (Å²) < 4.78 is 14.5. The van der Waals surface area contributed by atoms with Gasteiger partial charge in [0.1, 0.15) is 11.3 Å². The molecule has 0 unspecified atom stereocenters. The molecular weight excluding hydrogens is 380 g/mol. The normalized spacial score (nSPS) is 12.0. The predicted octanol–water partition coefficient (Wildman–Crippen LogP) is 4.20. The second-order valence-corrected chi connectivity index (χ2v) is 7.79. The molecule has 0 saturated carbocycles. The van der Waals surface area contributed by atoms with Crippen LogP contribution in [0.1, 0.15) is 16.6 Å². The molecule has 132 valence electrons. The Bertz CT molecular complexity index is 958. The van der Waals surface area contributed by atoms with E-state index in [0.717, 1.165) is 16.0 Å². The van der Waals surface area contributed by atoms with Gasteiger partial charge in [-0.2, -0.15) is 4.99 Å². The SMILES string of the molecule is CCOCCn1c(=NC(=O)c2ccc(Cl)s2)sc2cccc(OC)c21. The van der Waals surface area contributed by atoms with Crippen LogP contribution in [0.3, 0.4) is 0 Å². The van der Waals surface area contributed by atoms with E-state index in [0.29, 0.717) is 33.8 Å². The fourth-order valence-electron chi connectivity index (χ4n) is 2.43. The van der Waals surface area contributed by atoms with Crippen LogP contribution in [-0.4, -0.2) is 30.8 Å². The Morgan fingerprint density at radius 2 is 2.12 bits per heavy atom. The van der Waals surface area contributed by atoms with Crippen molar-refractivity contribution in [2.24, 2.45) is 4.99 Å². The van der Waals surface area contributed by atoms with E-state index in [-0.39, 0.29) is 5.91 Å². The number of benzene rings is 1. The number of ether oxygens (including phenoxy) is 2. The first-order chi connectivity index (χ1) is 12.1. The number of thiazole rings is 1. The lowest BCUT2D eigenvalue weighted by Gasteiger charge is -2.08.